The Balaban J connectivity index is 1.61. The first-order valence-corrected chi connectivity index (χ1v) is 9.38. The van der Waals surface area contributed by atoms with E-state index in [1.54, 1.807) is 10.8 Å². The van der Waals surface area contributed by atoms with Gasteiger partial charge in [-0.05, 0) is 37.7 Å². The average Bonchev–Trinajstić information content (AvgIpc) is 3.31. The third kappa shape index (κ3) is 3.07. The summed E-state index contributed by atoms with van der Waals surface area (Å²) < 4.78 is 1.76. The third-order valence-electron chi connectivity index (χ3n) is 5.39. The van der Waals surface area contributed by atoms with Crippen molar-refractivity contribution in [1.29, 1.82) is 0 Å². The fourth-order valence-electron chi connectivity index (χ4n) is 3.94. The van der Waals surface area contributed by atoms with E-state index < -0.39 is 0 Å². The van der Waals surface area contributed by atoms with Crippen LogP contribution in [0.3, 0.4) is 0 Å². The maximum Gasteiger partial charge on any atom is 0.227 e. The summed E-state index contributed by atoms with van der Waals surface area (Å²) in [4.78, 5) is 17.2. The summed E-state index contributed by atoms with van der Waals surface area (Å²) in [6.07, 6.45) is 5.96. The zero-order valence-electron chi connectivity index (χ0n) is 15.1. The van der Waals surface area contributed by atoms with E-state index in [2.05, 4.69) is 40.1 Å². The molecule has 1 unspecified atom stereocenters. The molecule has 0 aromatic carbocycles. The van der Waals surface area contributed by atoms with Crippen LogP contribution in [-0.4, -0.2) is 56.8 Å². The van der Waals surface area contributed by atoms with Crippen LogP contribution in [0.4, 0.5) is 5.69 Å². The molecule has 0 spiro atoms. The van der Waals surface area contributed by atoms with E-state index in [0.717, 1.165) is 68.9 Å². The third-order valence-corrected chi connectivity index (χ3v) is 5.39. The second kappa shape index (κ2) is 6.61. The number of rotatable bonds is 3. The summed E-state index contributed by atoms with van der Waals surface area (Å²) in [5, 5.41) is 12.9. The van der Waals surface area contributed by atoms with Crippen molar-refractivity contribution in [3.05, 3.63) is 18.1 Å². The SMILES string of the molecule is CC(C)c1cc(N2CCCC(C(=O)N3CCCC3)C2)c2nncn2n1. The van der Waals surface area contributed by atoms with E-state index in [1.807, 2.05) is 4.90 Å². The highest BCUT2D eigenvalue weighted by Crippen LogP contribution is 2.29. The highest BCUT2D eigenvalue weighted by Gasteiger charge is 2.31. The number of fused-ring (bicyclic) bond motifs is 1. The molecule has 1 amide bonds. The number of hydrogen-bond acceptors (Lipinski definition) is 5. The van der Waals surface area contributed by atoms with Crippen molar-refractivity contribution >= 4 is 17.2 Å². The van der Waals surface area contributed by atoms with Gasteiger partial charge in [-0.1, -0.05) is 13.8 Å². The van der Waals surface area contributed by atoms with Crippen molar-refractivity contribution in [2.75, 3.05) is 31.1 Å². The number of carbonyl (C=O) groups is 1. The molecule has 1 atom stereocenters. The van der Waals surface area contributed by atoms with E-state index >= 15 is 0 Å². The number of nitrogens with zero attached hydrogens (tertiary/aromatic N) is 6. The lowest BCUT2D eigenvalue weighted by atomic mass is 9.96. The molecule has 2 aromatic heterocycles. The van der Waals surface area contributed by atoms with Crippen LogP contribution in [0.5, 0.6) is 0 Å². The minimum Gasteiger partial charge on any atom is -0.368 e. The predicted molar refractivity (Wildman–Crippen MR) is 95.6 cm³/mol. The molecule has 0 aliphatic carbocycles. The molecule has 2 aliphatic heterocycles. The van der Waals surface area contributed by atoms with Crippen molar-refractivity contribution in [3.63, 3.8) is 0 Å². The molecular formula is C18H26N6O. The van der Waals surface area contributed by atoms with Gasteiger partial charge in [-0.15, -0.1) is 10.2 Å². The molecule has 0 radical (unpaired) electrons. The zero-order valence-corrected chi connectivity index (χ0v) is 15.1. The second-order valence-electron chi connectivity index (χ2n) is 7.53. The van der Waals surface area contributed by atoms with Crippen molar-refractivity contribution in [3.8, 4) is 0 Å². The van der Waals surface area contributed by atoms with Crippen LogP contribution in [0.25, 0.3) is 5.65 Å². The standard InChI is InChI=1S/C18H26N6O/c1-13(2)15-10-16(17-20-19-12-24(17)21-15)23-9-5-6-14(11-23)18(25)22-7-3-4-8-22/h10,12-14H,3-9,11H2,1-2H3. The number of likely N-dealkylation sites (tertiary alicyclic amines) is 1. The molecule has 0 bridgehead atoms. The van der Waals surface area contributed by atoms with Gasteiger partial charge >= 0.3 is 0 Å². The summed E-state index contributed by atoms with van der Waals surface area (Å²) in [6.45, 7) is 7.84. The molecule has 0 saturated carbocycles. The van der Waals surface area contributed by atoms with Gasteiger partial charge in [0, 0.05) is 26.2 Å². The maximum absolute atomic E-state index is 12.8. The second-order valence-corrected chi connectivity index (χ2v) is 7.53. The molecule has 134 valence electrons. The van der Waals surface area contributed by atoms with Crippen LogP contribution >= 0.6 is 0 Å². The van der Waals surface area contributed by atoms with E-state index in [1.165, 1.54) is 0 Å². The van der Waals surface area contributed by atoms with Gasteiger partial charge < -0.3 is 9.80 Å². The van der Waals surface area contributed by atoms with Crippen molar-refractivity contribution in [2.24, 2.45) is 5.92 Å². The molecule has 4 rings (SSSR count). The monoisotopic (exact) mass is 342 g/mol. The highest BCUT2D eigenvalue weighted by molar-refractivity contribution is 5.80. The molecule has 7 heteroatoms. The van der Waals surface area contributed by atoms with Crippen molar-refractivity contribution < 1.29 is 4.79 Å². The summed E-state index contributed by atoms with van der Waals surface area (Å²) in [5.74, 6) is 0.751. The first-order valence-electron chi connectivity index (χ1n) is 9.38. The highest BCUT2D eigenvalue weighted by atomic mass is 16.2. The Morgan fingerprint density at radius 2 is 2.00 bits per heavy atom. The molecule has 25 heavy (non-hydrogen) atoms. The maximum atomic E-state index is 12.8. The topological polar surface area (TPSA) is 66.6 Å². The number of piperidine rings is 1. The van der Waals surface area contributed by atoms with E-state index in [9.17, 15) is 4.79 Å². The lowest BCUT2D eigenvalue weighted by Gasteiger charge is -2.35. The van der Waals surface area contributed by atoms with Crippen LogP contribution in [0.2, 0.25) is 0 Å². The Bertz CT molecular complexity index is 764. The number of anilines is 1. The quantitative estimate of drug-likeness (QED) is 0.854. The minimum absolute atomic E-state index is 0.0884. The number of amides is 1. The Hall–Kier alpha value is -2.18. The lowest BCUT2D eigenvalue weighted by molar-refractivity contribution is -0.134. The van der Waals surface area contributed by atoms with Crippen molar-refractivity contribution in [2.45, 2.75) is 45.4 Å². The Morgan fingerprint density at radius 1 is 1.20 bits per heavy atom. The normalized spacial score (nSPS) is 21.5. The summed E-state index contributed by atoms with van der Waals surface area (Å²) in [6, 6.07) is 2.12. The lowest BCUT2D eigenvalue weighted by Crippen LogP contribution is -2.44. The molecule has 2 saturated heterocycles. The zero-order chi connectivity index (χ0) is 17.4. The molecule has 2 aliphatic rings. The molecule has 0 N–H and O–H groups in total. The number of hydrogen-bond donors (Lipinski definition) is 0. The average molecular weight is 342 g/mol. The molecule has 2 fully saturated rings. The van der Waals surface area contributed by atoms with Gasteiger partial charge in [0.15, 0.2) is 0 Å². The van der Waals surface area contributed by atoms with Crippen LogP contribution < -0.4 is 4.90 Å². The van der Waals surface area contributed by atoms with E-state index in [0.29, 0.717) is 11.8 Å². The largest absolute Gasteiger partial charge is 0.368 e. The molecule has 7 nitrogen and oxygen atoms in total. The van der Waals surface area contributed by atoms with Gasteiger partial charge in [0.2, 0.25) is 11.6 Å². The number of aromatic nitrogens is 4. The Kier molecular flexibility index (Phi) is 4.31. The van der Waals surface area contributed by atoms with Gasteiger partial charge in [-0.25, -0.2) is 0 Å². The summed E-state index contributed by atoms with van der Waals surface area (Å²) in [5.41, 5.74) is 2.85. The van der Waals surface area contributed by atoms with Gasteiger partial charge in [0.25, 0.3) is 0 Å². The first-order chi connectivity index (χ1) is 12.1. The fourth-order valence-corrected chi connectivity index (χ4v) is 3.94. The molecule has 2 aromatic rings. The van der Waals surface area contributed by atoms with Crippen LogP contribution in [0.1, 0.15) is 51.1 Å². The Morgan fingerprint density at radius 3 is 2.76 bits per heavy atom. The van der Waals surface area contributed by atoms with Gasteiger partial charge in [-0.2, -0.15) is 9.61 Å². The molecule has 4 heterocycles. The summed E-state index contributed by atoms with van der Waals surface area (Å²) in [7, 11) is 0. The smallest absolute Gasteiger partial charge is 0.227 e. The van der Waals surface area contributed by atoms with Gasteiger partial charge in [0.1, 0.15) is 6.33 Å². The fraction of sp³-hybridized carbons (Fsp3) is 0.667. The number of carbonyl (C=O) groups excluding carboxylic acids is 1. The van der Waals surface area contributed by atoms with Gasteiger partial charge in [0.05, 0.1) is 17.3 Å². The predicted octanol–water partition coefficient (Wildman–Crippen LogP) is 2.09. The van der Waals surface area contributed by atoms with E-state index in [4.69, 9.17) is 0 Å². The van der Waals surface area contributed by atoms with E-state index in [-0.39, 0.29) is 5.92 Å². The van der Waals surface area contributed by atoms with Crippen LogP contribution in [0.15, 0.2) is 12.4 Å². The summed E-state index contributed by atoms with van der Waals surface area (Å²) >= 11 is 0. The first kappa shape index (κ1) is 16.3. The van der Waals surface area contributed by atoms with Crippen LogP contribution in [-0.2, 0) is 4.79 Å². The molecular weight excluding hydrogens is 316 g/mol. The van der Waals surface area contributed by atoms with Crippen LogP contribution in [0, 0.1) is 5.92 Å². The minimum atomic E-state index is 0.0884. The van der Waals surface area contributed by atoms with Crippen molar-refractivity contribution in [1.82, 2.24) is 24.7 Å². The van der Waals surface area contributed by atoms with Gasteiger partial charge in [-0.3, -0.25) is 4.79 Å². The Labute approximate surface area is 148 Å².